The molecule has 0 fully saturated rings. The van der Waals surface area contributed by atoms with Gasteiger partial charge < -0.3 is 16.4 Å². The monoisotopic (exact) mass is 555 g/mol. The number of carbonyl (C=O) groups is 1. The molecule has 4 nitrogen and oxygen atoms in total. The molecule has 0 aliphatic heterocycles. The first-order chi connectivity index (χ1) is 15.2. The van der Waals surface area contributed by atoms with Gasteiger partial charge >= 0.3 is 0 Å². The number of amides is 1. The number of hydrogen-bond acceptors (Lipinski definition) is 3. The molecule has 0 radical (unpaired) electrons. The molecule has 9 heteroatoms. The maximum atomic E-state index is 15.1. The van der Waals surface area contributed by atoms with E-state index in [9.17, 15) is 18.0 Å². The fourth-order valence-electron chi connectivity index (χ4n) is 3.04. The first-order valence-corrected chi connectivity index (χ1v) is 10.5. The zero-order chi connectivity index (χ0) is 23.4. The van der Waals surface area contributed by atoms with Gasteiger partial charge in [-0.25, -0.2) is 17.6 Å². The second kappa shape index (κ2) is 10.0. The Bertz CT molecular complexity index is 1200. The zero-order valence-corrected chi connectivity index (χ0v) is 18.8. The highest BCUT2D eigenvalue weighted by Gasteiger charge is 2.24. The average Bonchev–Trinajstić information content (AvgIpc) is 2.76. The molecule has 0 saturated carbocycles. The third-order valence-electron chi connectivity index (χ3n) is 4.61. The summed E-state index contributed by atoms with van der Waals surface area (Å²) >= 11 is 1.90. The van der Waals surface area contributed by atoms with Gasteiger partial charge in [0.15, 0.2) is 11.6 Å². The Balaban J connectivity index is 2.11. The van der Waals surface area contributed by atoms with Crippen LogP contribution in [0.15, 0.2) is 55.1 Å². The number of rotatable bonds is 7. The molecule has 0 unspecified atom stereocenters. The van der Waals surface area contributed by atoms with Gasteiger partial charge in [0, 0.05) is 16.5 Å². The minimum atomic E-state index is -1.39. The summed E-state index contributed by atoms with van der Waals surface area (Å²) in [6.45, 7) is 3.55. The molecule has 0 saturated heterocycles. The van der Waals surface area contributed by atoms with Crippen molar-refractivity contribution in [2.75, 3.05) is 17.6 Å². The molecule has 32 heavy (non-hydrogen) atoms. The van der Waals surface area contributed by atoms with Gasteiger partial charge in [0.2, 0.25) is 0 Å². The van der Waals surface area contributed by atoms with Crippen LogP contribution in [0.5, 0.6) is 0 Å². The lowest BCUT2D eigenvalue weighted by Crippen LogP contribution is -2.25. The summed E-state index contributed by atoms with van der Waals surface area (Å²) in [6.07, 6.45) is 1.06. The van der Waals surface area contributed by atoms with E-state index in [2.05, 4.69) is 17.2 Å². The van der Waals surface area contributed by atoms with Crippen LogP contribution in [0.2, 0.25) is 0 Å². The number of carbonyl (C=O) groups excluding carboxylic acids is 1. The highest BCUT2D eigenvalue weighted by atomic mass is 127. The lowest BCUT2D eigenvalue weighted by molar-refractivity contribution is 0.0958. The van der Waals surface area contributed by atoms with Crippen molar-refractivity contribution >= 4 is 45.6 Å². The van der Waals surface area contributed by atoms with E-state index in [4.69, 9.17) is 5.73 Å². The summed E-state index contributed by atoms with van der Waals surface area (Å²) in [7, 11) is 0. The van der Waals surface area contributed by atoms with E-state index >= 15 is 4.39 Å². The van der Waals surface area contributed by atoms with Crippen molar-refractivity contribution < 1.29 is 22.4 Å². The number of nitrogens with one attached hydrogen (secondary N) is 2. The molecule has 0 heterocycles. The van der Waals surface area contributed by atoms with E-state index in [1.54, 1.807) is 6.07 Å². The molecular weight excluding hydrogens is 537 g/mol. The second-order valence-electron chi connectivity index (χ2n) is 6.83. The lowest BCUT2D eigenvalue weighted by Gasteiger charge is -2.17. The zero-order valence-electron chi connectivity index (χ0n) is 16.6. The molecule has 3 aromatic rings. The van der Waals surface area contributed by atoms with Crippen LogP contribution in [-0.4, -0.2) is 12.5 Å². The van der Waals surface area contributed by atoms with Crippen molar-refractivity contribution in [3.8, 4) is 0 Å². The van der Waals surface area contributed by atoms with Crippen molar-refractivity contribution in [3.63, 3.8) is 0 Å². The molecule has 0 aromatic heterocycles. The number of nitrogens with two attached hydrogens (primary N) is 1. The van der Waals surface area contributed by atoms with E-state index in [0.717, 1.165) is 6.07 Å². The summed E-state index contributed by atoms with van der Waals surface area (Å²) in [4.78, 5) is 12.7. The van der Waals surface area contributed by atoms with E-state index in [0.29, 0.717) is 3.57 Å². The van der Waals surface area contributed by atoms with Crippen LogP contribution in [0.25, 0.3) is 0 Å². The van der Waals surface area contributed by atoms with Crippen LogP contribution >= 0.6 is 22.6 Å². The highest BCUT2D eigenvalue weighted by Crippen LogP contribution is 2.32. The third-order valence-corrected chi connectivity index (χ3v) is 5.28. The Morgan fingerprint density at radius 3 is 2.47 bits per heavy atom. The van der Waals surface area contributed by atoms with E-state index in [-0.39, 0.29) is 41.0 Å². The van der Waals surface area contributed by atoms with E-state index < -0.39 is 34.9 Å². The van der Waals surface area contributed by atoms with Crippen molar-refractivity contribution in [1.82, 2.24) is 5.32 Å². The average molecular weight is 555 g/mol. The lowest BCUT2D eigenvalue weighted by atomic mass is 9.99. The largest absolute Gasteiger partial charge is 0.396 e. The van der Waals surface area contributed by atoms with Crippen LogP contribution in [0.4, 0.5) is 34.6 Å². The predicted octanol–water partition coefficient (Wildman–Crippen LogP) is 5.68. The van der Waals surface area contributed by atoms with E-state index in [1.165, 1.54) is 36.4 Å². The fourth-order valence-corrected chi connectivity index (χ4v) is 3.49. The minimum Gasteiger partial charge on any atom is -0.396 e. The molecule has 1 amide bonds. The minimum absolute atomic E-state index is 0.0325. The number of nitrogen functional groups attached to an aromatic ring is 1. The summed E-state index contributed by atoms with van der Waals surface area (Å²) in [6, 6.07) is 9.41. The van der Waals surface area contributed by atoms with Crippen LogP contribution < -0.4 is 16.4 Å². The SMILES string of the molecule is C=CCNC(=O)c1cc(Cc2cccc(N)c2F)c(F)c(F)c1Nc1ccc(I)cc1F. The Hall–Kier alpha value is -3.08. The Labute approximate surface area is 195 Å². The van der Waals surface area contributed by atoms with Gasteiger partial charge in [0.05, 0.1) is 22.6 Å². The maximum absolute atomic E-state index is 15.1. The fraction of sp³-hybridized carbons (Fsp3) is 0.0870. The molecule has 0 aliphatic rings. The van der Waals surface area contributed by atoms with Crippen LogP contribution in [0.3, 0.4) is 0 Å². The molecule has 0 atom stereocenters. The summed E-state index contributed by atoms with van der Waals surface area (Å²) < 4.78 is 59.2. The summed E-state index contributed by atoms with van der Waals surface area (Å²) in [5, 5.41) is 4.95. The molecular formula is C23H18F4IN3O. The Morgan fingerprint density at radius 2 is 1.78 bits per heavy atom. The smallest absolute Gasteiger partial charge is 0.253 e. The second-order valence-corrected chi connectivity index (χ2v) is 8.08. The standard InChI is InChI=1S/C23H18F4IN3O/c1-2-8-30-23(32)15-10-13(9-12-4-3-5-17(29)19(12)25)20(26)21(27)22(15)31-18-7-6-14(28)11-16(18)24/h2-7,10-11,31H,1,8-9,29H2,(H,30,32). The molecule has 3 aromatic carbocycles. The number of anilines is 3. The van der Waals surface area contributed by atoms with Gasteiger partial charge in [-0.15, -0.1) is 6.58 Å². The van der Waals surface area contributed by atoms with Crippen molar-refractivity contribution in [3.05, 3.63) is 98.6 Å². The molecule has 3 rings (SSSR count). The Kier molecular flexibility index (Phi) is 7.39. The molecule has 4 N–H and O–H groups in total. The summed E-state index contributed by atoms with van der Waals surface area (Å²) in [5.74, 6) is -4.89. The number of benzene rings is 3. The van der Waals surface area contributed by atoms with Crippen LogP contribution in [0.1, 0.15) is 21.5 Å². The van der Waals surface area contributed by atoms with E-state index in [1.807, 2.05) is 22.6 Å². The van der Waals surface area contributed by atoms with Gasteiger partial charge in [-0.1, -0.05) is 18.2 Å². The van der Waals surface area contributed by atoms with Gasteiger partial charge in [0.1, 0.15) is 11.6 Å². The molecule has 166 valence electrons. The van der Waals surface area contributed by atoms with Crippen molar-refractivity contribution in [2.24, 2.45) is 0 Å². The van der Waals surface area contributed by atoms with Crippen LogP contribution in [-0.2, 0) is 6.42 Å². The van der Waals surface area contributed by atoms with Crippen molar-refractivity contribution in [1.29, 1.82) is 0 Å². The number of halogens is 5. The maximum Gasteiger partial charge on any atom is 0.253 e. The predicted molar refractivity (Wildman–Crippen MR) is 125 cm³/mol. The molecule has 0 spiro atoms. The van der Waals surface area contributed by atoms with Gasteiger partial charge in [-0.05, 0) is 64.0 Å². The topological polar surface area (TPSA) is 67.2 Å². The first-order valence-electron chi connectivity index (χ1n) is 9.37. The molecule has 0 aliphatic carbocycles. The normalized spacial score (nSPS) is 10.7. The first kappa shape index (κ1) is 23.6. The van der Waals surface area contributed by atoms with Gasteiger partial charge in [-0.3, -0.25) is 4.79 Å². The van der Waals surface area contributed by atoms with Crippen molar-refractivity contribution in [2.45, 2.75) is 6.42 Å². The number of hydrogen-bond donors (Lipinski definition) is 3. The quantitative estimate of drug-likeness (QED) is 0.152. The Morgan fingerprint density at radius 1 is 1.03 bits per heavy atom. The van der Waals surface area contributed by atoms with Crippen LogP contribution in [0, 0.1) is 26.8 Å². The highest BCUT2D eigenvalue weighted by molar-refractivity contribution is 14.1. The van der Waals surface area contributed by atoms with Gasteiger partial charge in [0.25, 0.3) is 5.91 Å². The summed E-state index contributed by atoms with van der Waals surface area (Å²) in [5.41, 5.74) is 4.22. The van der Waals surface area contributed by atoms with Gasteiger partial charge in [-0.2, -0.15) is 0 Å². The molecule has 0 bridgehead atoms. The third kappa shape index (κ3) is 5.04.